The van der Waals surface area contributed by atoms with Gasteiger partial charge >= 0.3 is 5.97 Å². The predicted octanol–water partition coefficient (Wildman–Crippen LogP) is 5.65. The summed E-state index contributed by atoms with van der Waals surface area (Å²) in [6, 6.07) is 22.2. The number of anilines is 1. The lowest BCUT2D eigenvalue weighted by molar-refractivity contribution is 0.0696. The molecule has 226 valence electrons. The third kappa shape index (κ3) is 6.98. The smallest absolute Gasteiger partial charge is 0.336 e. The molecule has 8 heteroatoms. The molecular weight excluding hydrogens is 550 g/mol. The van der Waals surface area contributed by atoms with Crippen molar-refractivity contribution in [3.63, 3.8) is 0 Å². The minimum absolute atomic E-state index is 0.344. The largest absolute Gasteiger partial charge is 0.494 e. The summed E-state index contributed by atoms with van der Waals surface area (Å²) in [4.78, 5) is 26.2. The lowest BCUT2D eigenvalue weighted by Crippen LogP contribution is -2.47. The molecule has 4 aromatic rings. The van der Waals surface area contributed by atoms with E-state index in [1.807, 2.05) is 49.6 Å². The van der Waals surface area contributed by atoms with Gasteiger partial charge in [-0.3, -0.25) is 4.90 Å². The van der Waals surface area contributed by atoms with Gasteiger partial charge in [0.15, 0.2) is 5.82 Å². The van der Waals surface area contributed by atoms with Gasteiger partial charge in [-0.1, -0.05) is 48.5 Å². The van der Waals surface area contributed by atoms with Crippen LogP contribution in [0.2, 0.25) is 0 Å². The average Bonchev–Trinajstić information content (AvgIpc) is 3.08. The van der Waals surface area contributed by atoms with Gasteiger partial charge in [0.25, 0.3) is 0 Å². The van der Waals surface area contributed by atoms with Crippen LogP contribution >= 0.6 is 0 Å². The Labute approximate surface area is 259 Å². The van der Waals surface area contributed by atoms with Gasteiger partial charge in [-0.2, -0.15) is 0 Å². The fourth-order valence-corrected chi connectivity index (χ4v) is 5.96. The molecule has 0 atom stereocenters. The fraction of sp³-hybridized carbons (Fsp3) is 0.306. The molecular formula is C36H39N5O3. The molecule has 3 aromatic carbocycles. The number of hydrogen-bond acceptors (Lipinski definition) is 7. The SMILES string of the molecule is CCOc1cccc(CCN2CCN(c3cnc(-c4ccc(-c5ccc(C(=O)O)c(C6=CCNCC6)c5)cc4)nc3)CC2)c1. The van der Waals surface area contributed by atoms with Gasteiger partial charge < -0.3 is 20.1 Å². The highest BCUT2D eigenvalue weighted by atomic mass is 16.5. The maximum absolute atomic E-state index is 11.9. The zero-order valence-electron chi connectivity index (χ0n) is 25.2. The third-order valence-electron chi connectivity index (χ3n) is 8.44. The molecule has 0 aliphatic carbocycles. The molecule has 1 aromatic heterocycles. The Bertz CT molecular complexity index is 1610. The predicted molar refractivity (Wildman–Crippen MR) is 175 cm³/mol. The number of carbonyl (C=O) groups is 1. The lowest BCUT2D eigenvalue weighted by Gasteiger charge is -2.35. The van der Waals surface area contributed by atoms with E-state index in [1.165, 1.54) is 5.56 Å². The topological polar surface area (TPSA) is 90.8 Å². The number of hydrogen-bond donors (Lipinski definition) is 2. The zero-order chi connectivity index (χ0) is 30.3. The highest BCUT2D eigenvalue weighted by Crippen LogP contribution is 2.30. The summed E-state index contributed by atoms with van der Waals surface area (Å²) in [6.45, 7) is 9.27. The molecule has 0 bridgehead atoms. The van der Waals surface area contributed by atoms with Crippen molar-refractivity contribution in [1.29, 1.82) is 0 Å². The summed E-state index contributed by atoms with van der Waals surface area (Å²) in [5.74, 6) is 0.736. The molecule has 2 N–H and O–H groups in total. The van der Waals surface area contributed by atoms with E-state index in [2.05, 4.69) is 51.5 Å². The van der Waals surface area contributed by atoms with Gasteiger partial charge in [-0.25, -0.2) is 14.8 Å². The first-order valence-electron chi connectivity index (χ1n) is 15.5. The highest BCUT2D eigenvalue weighted by Gasteiger charge is 2.19. The maximum Gasteiger partial charge on any atom is 0.336 e. The van der Waals surface area contributed by atoms with Crippen molar-refractivity contribution in [2.45, 2.75) is 19.8 Å². The van der Waals surface area contributed by atoms with Gasteiger partial charge in [0.05, 0.1) is 30.3 Å². The van der Waals surface area contributed by atoms with E-state index in [9.17, 15) is 9.90 Å². The van der Waals surface area contributed by atoms with Gasteiger partial charge in [0.1, 0.15) is 5.75 Å². The Kier molecular flexibility index (Phi) is 9.29. The summed E-state index contributed by atoms with van der Waals surface area (Å²) >= 11 is 0. The van der Waals surface area contributed by atoms with Crippen molar-refractivity contribution in [1.82, 2.24) is 20.2 Å². The number of aromatic nitrogens is 2. The Balaban J connectivity index is 1.06. The summed E-state index contributed by atoms with van der Waals surface area (Å²) in [7, 11) is 0. The molecule has 8 nitrogen and oxygen atoms in total. The number of nitrogens with one attached hydrogen (secondary N) is 1. The van der Waals surface area contributed by atoms with Gasteiger partial charge in [-0.15, -0.1) is 0 Å². The number of aromatic carboxylic acids is 1. The van der Waals surface area contributed by atoms with Crippen molar-refractivity contribution in [2.24, 2.45) is 0 Å². The Morgan fingerprint density at radius 1 is 0.932 bits per heavy atom. The fourth-order valence-electron chi connectivity index (χ4n) is 5.96. The summed E-state index contributed by atoms with van der Waals surface area (Å²) in [6.07, 6.45) is 7.77. The van der Waals surface area contributed by atoms with Gasteiger partial charge in [-0.05, 0) is 78.4 Å². The van der Waals surface area contributed by atoms with E-state index in [0.717, 1.165) is 97.9 Å². The van der Waals surface area contributed by atoms with Crippen molar-refractivity contribution >= 4 is 17.2 Å². The van der Waals surface area contributed by atoms with E-state index in [0.29, 0.717) is 18.0 Å². The molecule has 0 radical (unpaired) electrons. The number of carboxylic acids is 1. The molecule has 1 fully saturated rings. The first-order chi connectivity index (χ1) is 21.6. The second-order valence-electron chi connectivity index (χ2n) is 11.3. The highest BCUT2D eigenvalue weighted by molar-refractivity contribution is 5.95. The van der Waals surface area contributed by atoms with Crippen LogP contribution in [0.4, 0.5) is 5.69 Å². The number of carboxylic acid groups (broad SMARTS) is 1. The van der Waals surface area contributed by atoms with Crippen LogP contribution in [0.5, 0.6) is 5.75 Å². The molecule has 1 saturated heterocycles. The summed E-state index contributed by atoms with van der Waals surface area (Å²) in [5.41, 5.74) is 7.55. The molecule has 0 spiro atoms. The quantitative estimate of drug-likeness (QED) is 0.245. The Hall–Kier alpha value is -4.53. The minimum Gasteiger partial charge on any atom is -0.494 e. The number of ether oxygens (including phenoxy) is 1. The molecule has 2 aliphatic rings. The van der Waals surface area contributed by atoms with E-state index in [-0.39, 0.29) is 0 Å². The van der Waals surface area contributed by atoms with Crippen LogP contribution in [0.1, 0.15) is 34.8 Å². The van der Waals surface area contributed by atoms with Gasteiger partial charge in [0.2, 0.25) is 0 Å². The Morgan fingerprint density at radius 3 is 2.39 bits per heavy atom. The van der Waals surface area contributed by atoms with E-state index in [4.69, 9.17) is 14.7 Å². The number of rotatable bonds is 10. The first kappa shape index (κ1) is 29.5. The van der Waals surface area contributed by atoms with Crippen LogP contribution in [0.15, 0.2) is 85.2 Å². The zero-order valence-corrected chi connectivity index (χ0v) is 25.2. The number of benzene rings is 3. The van der Waals surface area contributed by atoms with Crippen molar-refractivity contribution < 1.29 is 14.6 Å². The number of piperazine rings is 1. The molecule has 2 aliphatic heterocycles. The standard InChI is InChI=1S/C36H39N5O3/c1-2-44-32-5-3-4-26(22-32)14-17-40-18-20-41(21-19-40)31-24-38-35(39-25-31)29-8-6-27(7-9-29)30-10-11-33(36(42)43)34(23-30)28-12-15-37-16-13-28/h3-12,22-25,37H,2,13-21H2,1H3,(H,42,43). The van der Waals surface area contributed by atoms with Crippen LogP contribution in [-0.4, -0.2) is 78.4 Å². The van der Waals surface area contributed by atoms with E-state index in [1.54, 1.807) is 6.07 Å². The third-order valence-corrected chi connectivity index (χ3v) is 8.44. The summed E-state index contributed by atoms with van der Waals surface area (Å²) < 4.78 is 5.64. The lowest BCUT2D eigenvalue weighted by atomic mass is 9.91. The average molecular weight is 590 g/mol. The van der Waals surface area contributed by atoms with Crippen molar-refractivity contribution in [2.75, 3.05) is 57.3 Å². The second kappa shape index (κ2) is 13.8. The van der Waals surface area contributed by atoms with E-state index < -0.39 is 5.97 Å². The molecule has 6 rings (SSSR count). The molecule has 3 heterocycles. The monoisotopic (exact) mass is 589 g/mol. The van der Waals surface area contributed by atoms with Crippen molar-refractivity contribution in [3.05, 3.63) is 102 Å². The molecule has 0 saturated carbocycles. The van der Waals surface area contributed by atoms with Crippen LogP contribution in [0.3, 0.4) is 0 Å². The number of nitrogens with zero attached hydrogens (tertiary/aromatic N) is 4. The maximum atomic E-state index is 11.9. The second-order valence-corrected chi connectivity index (χ2v) is 11.3. The van der Waals surface area contributed by atoms with E-state index >= 15 is 0 Å². The van der Waals surface area contributed by atoms with Crippen LogP contribution in [-0.2, 0) is 6.42 Å². The molecule has 0 unspecified atom stereocenters. The minimum atomic E-state index is -0.899. The first-order valence-corrected chi connectivity index (χ1v) is 15.5. The molecule has 0 amide bonds. The van der Waals surface area contributed by atoms with Crippen molar-refractivity contribution in [3.8, 4) is 28.3 Å². The Morgan fingerprint density at radius 2 is 1.68 bits per heavy atom. The summed E-state index contributed by atoms with van der Waals surface area (Å²) in [5, 5.41) is 13.0. The van der Waals surface area contributed by atoms with Gasteiger partial charge in [0, 0.05) is 44.8 Å². The van der Waals surface area contributed by atoms with Crippen LogP contribution in [0, 0.1) is 0 Å². The normalized spacial score (nSPS) is 15.6. The van der Waals surface area contributed by atoms with Crippen LogP contribution < -0.4 is 15.0 Å². The van der Waals surface area contributed by atoms with Crippen LogP contribution in [0.25, 0.3) is 28.1 Å². The molecule has 44 heavy (non-hydrogen) atoms.